The maximum Gasteiger partial charge on any atom is 0.491 e. The van der Waals surface area contributed by atoms with Gasteiger partial charge in [0.25, 0.3) is 0 Å². The molecule has 1 heterocycles. The molecule has 1 aliphatic heterocycles. The number of alkyl halides is 3. The molecule has 1 saturated heterocycles. The summed E-state index contributed by atoms with van der Waals surface area (Å²) in [6, 6.07) is 36.2. The molecule has 0 amide bonds. The molecule has 0 saturated carbocycles. The van der Waals surface area contributed by atoms with Crippen LogP contribution in [0.15, 0.2) is 121 Å². The zero-order chi connectivity index (χ0) is 33.1. The van der Waals surface area contributed by atoms with Crippen molar-refractivity contribution in [2.24, 2.45) is 0 Å². The number of halogens is 3. The van der Waals surface area contributed by atoms with Crippen LogP contribution in [0.2, 0.25) is 0 Å². The Kier molecular flexibility index (Phi) is 11.8. The summed E-state index contributed by atoms with van der Waals surface area (Å²) in [6.45, 7) is -0.316. The number of hydrogen-bond donors (Lipinski definition) is 1. The van der Waals surface area contributed by atoms with Crippen molar-refractivity contribution in [2.75, 3.05) is 6.61 Å². The largest absolute Gasteiger partial charge is 0.491 e. The Labute approximate surface area is 270 Å². The summed E-state index contributed by atoms with van der Waals surface area (Å²) in [4.78, 5) is 12.2. The first-order valence-electron chi connectivity index (χ1n) is 15.0. The molecule has 1 N–H and O–H groups in total. The molecule has 0 radical (unpaired) electrons. The minimum Gasteiger partial charge on any atom is -0.399 e. The fourth-order valence-corrected chi connectivity index (χ4v) is 5.09. The molecule has 1 unspecified atom stereocenters. The van der Waals surface area contributed by atoms with Crippen molar-refractivity contribution in [3.05, 3.63) is 144 Å². The highest BCUT2D eigenvalue weighted by Gasteiger charge is 2.61. The van der Waals surface area contributed by atoms with Gasteiger partial charge < -0.3 is 33.5 Å². The highest BCUT2D eigenvalue weighted by atomic mass is 19.4. The topological polar surface area (TPSA) is 92.7 Å². The van der Waals surface area contributed by atoms with Crippen LogP contribution in [-0.4, -0.2) is 54.2 Å². The van der Waals surface area contributed by atoms with Gasteiger partial charge in [-0.3, -0.25) is 0 Å². The third-order valence-corrected chi connectivity index (χ3v) is 7.38. The van der Waals surface area contributed by atoms with E-state index in [0.717, 1.165) is 16.7 Å². The first kappa shape index (κ1) is 34.2. The van der Waals surface area contributed by atoms with Crippen LogP contribution in [0.5, 0.6) is 0 Å². The van der Waals surface area contributed by atoms with E-state index in [9.17, 15) is 23.1 Å². The number of ether oxygens (including phenoxy) is 6. The Hall–Kier alpha value is -4.10. The lowest BCUT2D eigenvalue weighted by molar-refractivity contribution is -0.450. The molecular formula is C36H35F3O8. The molecule has 248 valence electrons. The van der Waals surface area contributed by atoms with Crippen molar-refractivity contribution in [3.8, 4) is 0 Å². The first-order chi connectivity index (χ1) is 22.7. The van der Waals surface area contributed by atoms with Crippen LogP contribution in [0.25, 0.3) is 0 Å². The SMILES string of the molecule is O=C(OC1(O)O[C@H](COCc2ccccc2)[C@@H](OCc2ccccc2)[C@H](OCc2ccccc2)[C@@H]1OCc1ccccc1)C(F)(F)F. The van der Waals surface area contributed by atoms with E-state index in [2.05, 4.69) is 4.74 Å². The number of esters is 1. The zero-order valence-corrected chi connectivity index (χ0v) is 25.3. The van der Waals surface area contributed by atoms with Crippen molar-refractivity contribution in [3.63, 3.8) is 0 Å². The summed E-state index contributed by atoms with van der Waals surface area (Å²) in [5.74, 6) is -5.90. The molecule has 0 bridgehead atoms. The fraction of sp³-hybridized carbons (Fsp3) is 0.306. The van der Waals surface area contributed by atoms with Gasteiger partial charge in [-0.05, 0) is 22.3 Å². The smallest absolute Gasteiger partial charge is 0.399 e. The monoisotopic (exact) mass is 652 g/mol. The molecule has 0 spiro atoms. The van der Waals surface area contributed by atoms with Gasteiger partial charge in [-0.1, -0.05) is 121 Å². The van der Waals surface area contributed by atoms with E-state index in [0.29, 0.717) is 5.56 Å². The summed E-state index contributed by atoms with van der Waals surface area (Å²) in [5, 5.41) is 11.7. The number of rotatable bonds is 14. The Balaban J connectivity index is 1.50. The average Bonchev–Trinajstić information content (AvgIpc) is 3.08. The summed E-state index contributed by atoms with van der Waals surface area (Å²) >= 11 is 0. The number of benzene rings is 4. The van der Waals surface area contributed by atoms with Gasteiger partial charge in [0.1, 0.15) is 18.3 Å². The molecule has 8 nitrogen and oxygen atoms in total. The molecule has 4 aromatic carbocycles. The molecule has 5 atom stereocenters. The van der Waals surface area contributed by atoms with E-state index >= 15 is 0 Å². The zero-order valence-electron chi connectivity index (χ0n) is 25.3. The average molecular weight is 653 g/mol. The van der Waals surface area contributed by atoms with Crippen molar-refractivity contribution in [1.29, 1.82) is 0 Å². The Morgan fingerprint density at radius 2 is 1.04 bits per heavy atom. The molecular weight excluding hydrogens is 617 g/mol. The van der Waals surface area contributed by atoms with E-state index in [1.54, 1.807) is 54.6 Å². The predicted octanol–water partition coefficient (Wildman–Crippen LogP) is 6.11. The predicted molar refractivity (Wildman–Crippen MR) is 163 cm³/mol. The summed E-state index contributed by atoms with van der Waals surface area (Å²) in [6.07, 6.45) is -10.9. The van der Waals surface area contributed by atoms with Crippen LogP contribution in [-0.2, 0) is 59.6 Å². The number of hydrogen-bond acceptors (Lipinski definition) is 8. The summed E-state index contributed by atoms with van der Waals surface area (Å²) in [7, 11) is 0. The standard InChI is InChI=1S/C36H35F3O8/c37-35(38,39)34(40)47-36(41)33(45-24-29-19-11-4-12-20-29)32(44-23-28-17-9-3-10-18-28)31(43-22-27-15-7-2-8-16-27)30(46-36)25-42-21-26-13-5-1-6-14-26/h1-20,30-33,41H,21-25H2/t30-,31-,32+,33+,36?/m1/s1. The van der Waals surface area contributed by atoms with Crippen LogP contribution < -0.4 is 0 Å². The van der Waals surface area contributed by atoms with E-state index in [4.69, 9.17) is 23.7 Å². The van der Waals surface area contributed by atoms with Gasteiger partial charge in [0.15, 0.2) is 6.10 Å². The van der Waals surface area contributed by atoms with Gasteiger partial charge in [0.2, 0.25) is 0 Å². The second kappa shape index (κ2) is 16.1. The third-order valence-electron chi connectivity index (χ3n) is 7.38. The second-order valence-electron chi connectivity index (χ2n) is 10.9. The van der Waals surface area contributed by atoms with Gasteiger partial charge in [-0.2, -0.15) is 13.2 Å². The quantitative estimate of drug-likeness (QED) is 0.129. The maximum absolute atomic E-state index is 13.5. The second-order valence-corrected chi connectivity index (χ2v) is 10.9. The van der Waals surface area contributed by atoms with E-state index in [1.807, 2.05) is 66.7 Å². The molecule has 11 heteroatoms. The van der Waals surface area contributed by atoms with Gasteiger partial charge in [-0.25, -0.2) is 4.79 Å². The molecule has 1 fully saturated rings. The molecule has 4 aromatic rings. The normalized spacial score (nSPS) is 22.9. The van der Waals surface area contributed by atoms with Crippen molar-refractivity contribution < 1.29 is 51.5 Å². The lowest BCUT2D eigenvalue weighted by atomic mass is 9.96. The Morgan fingerprint density at radius 1 is 0.638 bits per heavy atom. The minimum atomic E-state index is -5.44. The molecule has 1 aliphatic rings. The summed E-state index contributed by atoms with van der Waals surface area (Å²) < 4.78 is 75.7. The minimum absolute atomic E-state index is 0.0389. The van der Waals surface area contributed by atoms with E-state index in [1.165, 1.54) is 0 Å². The van der Waals surface area contributed by atoms with Crippen LogP contribution in [0.4, 0.5) is 13.2 Å². The first-order valence-corrected chi connectivity index (χ1v) is 15.0. The number of carbonyl (C=O) groups excluding carboxylic acids is 1. The molecule has 0 aliphatic carbocycles. The van der Waals surface area contributed by atoms with Gasteiger partial charge >= 0.3 is 18.1 Å². The Morgan fingerprint density at radius 3 is 1.49 bits per heavy atom. The highest BCUT2D eigenvalue weighted by molar-refractivity contribution is 5.75. The van der Waals surface area contributed by atoms with E-state index < -0.39 is 42.5 Å². The van der Waals surface area contributed by atoms with Gasteiger partial charge in [-0.15, -0.1) is 0 Å². The van der Waals surface area contributed by atoms with Gasteiger partial charge in [0.05, 0.1) is 33.0 Å². The Bertz CT molecular complexity index is 1510. The maximum atomic E-state index is 13.5. The van der Waals surface area contributed by atoms with Gasteiger partial charge in [0, 0.05) is 0 Å². The van der Waals surface area contributed by atoms with Crippen LogP contribution >= 0.6 is 0 Å². The summed E-state index contributed by atoms with van der Waals surface area (Å²) in [5.41, 5.74) is 2.98. The molecule has 47 heavy (non-hydrogen) atoms. The van der Waals surface area contributed by atoms with Crippen molar-refractivity contribution in [1.82, 2.24) is 0 Å². The fourth-order valence-electron chi connectivity index (χ4n) is 5.09. The van der Waals surface area contributed by atoms with Crippen LogP contribution in [0, 0.1) is 0 Å². The van der Waals surface area contributed by atoms with Crippen LogP contribution in [0.1, 0.15) is 22.3 Å². The van der Waals surface area contributed by atoms with E-state index in [-0.39, 0.29) is 33.0 Å². The van der Waals surface area contributed by atoms with Crippen molar-refractivity contribution in [2.45, 2.75) is 63.0 Å². The van der Waals surface area contributed by atoms with Crippen LogP contribution in [0.3, 0.4) is 0 Å². The molecule has 0 aromatic heterocycles. The lowest BCUT2D eigenvalue weighted by Gasteiger charge is -2.48. The third kappa shape index (κ3) is 9.71. The molecule has 5 rings (SSSR count). The van der Waals surface area contributed by atoms with Crippen molar-refractivity contribution >= 4 is 5.97 Å². The lowest BCUT2D eigenvalue weighted by Crippen LogP contribution is -2.68. The number of carbonyl (C=O) groups is 1. The highest BCUT2D eigenvalue weighted by Crippen LogP contribution is 2.38. The number of aliphatic hydroxyl groups is 1.